The van der Waals surface area contributed by atoms with E-state index >= 15 is 0 Å². The normalized spacial score (nSPS) is 11.4. The molecule has 0 saturated carbocycles. The molecule has 0 amide bonds. The number of nitrogens with zero attached hydrogens (tertiary/aromatic N) is 3. The van der Waals surface area contributed by atoms with Crippen molar-refractivity contribution >= 4 is 5.97 Å². The van der Waals surface area contributed by atoms with E-state index in [0.29, 0.717) is 11.3 Å². The second kappa shape index (κ2) is 7.67. The Kier molecular flexibility index (Phi) is 5.30. The molecule has 0 spiro atoms. The number of carbonyl (C=O) groups is 1. The van der Waals surface area contributed by atoms with Gasteiger partial charge in [0.05, 0.1) is 5.69 Å². The van der Waals surface area contributed by atoms with Crippen LogP contribution >= 0.6 is 0 Å². The summed E-state index contributed by atoms with van der Waals surface area (Å²) < 4.78 is 55.8. The van der Waals surface area contributed by atoms with Gasteiger partial charge < -0.3 is 9.84 Å². The fourth-order valence-electron chi connectivity index (χ4n) is 2.45. The average Bonchev–Trinajstić information content (AvgIpc) is 3.10. The van der Waals surface area contributed by atoms with E-state index in [-0.39, 0.29) is 30.0 Å². The topological polar surface area (TPSA) is 77.2 Å². The zero-order valence-corrected chi connectivity index (χ0v) is 14.2. The molecule has 0 aliphatic heterocycles. The highest BCUT2D eigenvalue weighted by atomic mass is 19.4. The van der Waals surface area contributed by atoms with Crippen LogP contribution in [0.5, 0.6) is 5.75 Å². The third kappa shape index (κ3) is 4.84. The van der Waals surface area contributed by atoms with Crippen LogP contribution in [0, 0.1) is 5.82 Å². The summed E-state index contributed by atoms with van der Waals surface area (Å²) >= 11 is 0. The van der Waals surface area contributed by atoms with Crippen LogP contribution < -0.4 is 4.74 Å². The lowest BCUT2D eigenvalue weighted by Gasteiger charge is -2.09. The van der Waals surface area contributed by atoms with Crippen molar-refractivity contribution in [1.29, 1.82) is 0 Å². The van der Waals surface area contributed by atoms with Gasteiger partial charge in [-0.3, -0.25) is 4.79 Å². The highest BCUT2D eigenvalue weighted by Crippen LogP contribution is 2.24. The van der Waals surface area contributed by atoms with Gasteiger partial charge in [-0.25, -0.2) is 14.1 Å². The van der Waals surface area contributed by atoms with Crippen molar-refractivity contribution < 1.29 is 32.2 Å². The van der Waals surface area contributed by atoms with Crippen molar-refractivity contribution in [3.63, 3.8) is 0 Å². The number of aryl methyl sites for hydroxylation is 1. The Balaban J connectivity index is 1.76. The maximum atomic E-state index is 14.1. The number of aromatic nitrogens is 3. The largest absolute Gasteiger partial charge is 0.573 e. The van der Waals surface area contributed by atoms with E-state index in [1.54, 1.807) is 6.07 Å². The molecule has 28 heavy (non-hydrogen) atoms. The number of carboxylic acids is 1. The highest BCUT2D eigenvalue weighted by Gasteiger charge is 2.31. The quantitative estimate of drug-likeness (QED) is 0.639. The van der Waals surface area contributed by atoms with Crippen molar-refractivity contribution in [2.24, 2.45) is 0 Å². The number of hydrogen-bond acceptors (Lipinski definition) is 4. The summed E-state index contributed by atoms with van der Waals surface area (Å²) in [7, 11) is 0. The Bertz CT molecular complexity index is 984. The lowest BCUT2D eigenvalue weighted by Crippen LogP contribution is -2.17. The fraction of sp³-hybridized carbons (Fsp3) is 0.167. The molecule has 0 radical (unpaired) electrons. The number of carboxylic acid groups (broad SMARTS) is 1. The molecule has 1 heterocycles. The number of alkyl halides is 3. The summed E-state index contributed by atoms with van der Waals surface area (Å²) in [5, 5.41) is 12.9. The van der Waals surface area contributed by atoms with E-state index in [4.69, 9.17) is 5.11 Å². The fourth-order valence-corrected chi connectivity index (χ4v) is 2.45. The van der Waals surface area contributed by atoms with Crippen LogP contribution in [0.2, 0.25) is 0 Å². The smallest absolute Gasteiger partial charge is 0.481 e. The maximum Gasteiger partial charge on any atom is 0.573 e. The van der Waals surface area contributed by atoms with E-state index in [1.807, 2.05) is 0 Å². The van der Waals surface area contributed by atoms with Crippen LogP contribution in [-0.4, -0.2) is 32.2 Å². The molecule has 0 atom stereocenters. The number of benzene rings is 2. The second-order valence-corrected chi connectivity index (χ2v) is 5.75. The number of hydrogen-bond donors (Lipinski definition) is 1. The van der Waals surface area contributed by atoms with Crippen molar-refractivity contribution in [3.8, 4) is 22.8 Å². The summed E-state index contributed by atoms with van der Waals surface area (Å²) in [6.07, 6.45) is -3.55. The first-order valence-corrected chi connectivity index (χ1v) is 8.00. The number of rotatable bonds is 6. The summed E-state index contributed by atoms with van der Waals surface area (Å²) in [6, 6.07) is 9.27. The van der Waals surface area contributed by atoms with Crippen LogP contribution in [0.15, 0.2) is 48.8 Å². The zero-order valence-electron chi connectivity index (χ0n) is 14.2. The molecule has 0 fully saturated rings. The number of halogens is 4. The van der Waals surface area contributed by atoms with E-state index in [9.17, 15) is 22.4 Å². The second-order valence-electron chi connectivity index (χ2n) is 5.75. The molecule has 0 aliphatic carbocycles. The molecule has 0 bridgehead atoms. The summed E-state index contributed by atoms with van der Waals surface area (Å²) in [4.78, 5) is 14.7. The summed E-state index contributed by atoms with van der Waals surface area (Å²) in [6.45, 7) is 0. The predicted molar refractivity (Wildman–Crippen MR) is 89.4 cm³/mol. The van der Waals surface area contributed by atoms with Gasteiger partial charge in [-0.05, 0) is 42.3 Å². The maximum absolute atomic E-state index is 14.1. The molecule has 2 aromatic carbocycles. The summed E-state index contributed by atoms with van der Waals surface area (Å²) in [5.74, 6) is -1.74. The lowest BCUT2D eigenvalue weighted by molar-refractivity contribution is -0.274. The van der Waals surface area contributed by atoms with E-state index in [0.717, 1.165) is 12.1 Å². The molecule has 0 unspecified atom stereocenters. The predicted octanol–water partition coefficient (Wildman–Crippen LogP) is 3.99. The van der Waals surface area contributed by atoms with E-state index < -0.39 is 18.1 Å². The van der Waals surface area contributed by atoms with Gasteiger partial charge in [0.1, 0.15) is 17.9 Å². The van der Waals surface area contributed by atoms with Crippen LogP contribution in [0.1, 0.15) is 12.0 Å². The molecule has 146 valence electrons. The van der Waals surface area contributed by atoms with Gasteiger partial charge in [0.15, 0.2) is 5.82 Å². The monoisotopic (exact) mass is 395 g/mol. The molecule has 3 aromatic rings. The zero-order chi connectivity index (χ0) is 20.3. The van der Waals surface area contributed by atoms with Gasteiger partial charge in [0.2, 0.25) is 0 Å². The Labute approximate surface area is 156 Å². The standard InChI is InChI=1S/C18H13F4N3O3/c19-15-9-12(2-1-11(15)3-8-16(26)27)17-23-10-25(24-17)13-4-6-14(7-5-13)28-18(20,21)22/h1-2,4-7,9-10H,3,8H2,(H,26,27). The van der Waals surface area contributed by atoms with Gasteiger partial charge >= 0.3 is 12.3 Å². The van der Waals surface area contributed by atoms with Crippen LogP contribution in [0.25, 0.3) is 17.1 Å². The minimum atomic E-state index is -4.78. The first-order chi connectivity index (χ1) is 13.2. The van der Waals surface area contributed by atoms with Gasteiger partial charge in [0, 0.05) is 12.0 Å². The van der Waals surface area contributed by atoms with Gasteiger partial charge in [-0.2, -0.15) is 0 Å². The van der Waals surface area contributed by atoms with E-state index in [1.165, 1.54) is 35.3 Å². The van der Waals surface area contributed by atoms with Crippen molar-refractivity contribution in [1.82, 2.24) is 14.8 Å². The Morgan fingerprint density at radius 3 is 2.46 bits per heavy atom. The molecule has 1 aromatic heterocycles. The first kappa shape index (κ1) is 19.3. The number of ether oxygens (including phenoxy) is 1. The van der Waals surface area contributed by atoms with Gasteiger partial charge in [0.25, 0.3) is 0 Å². The van der Waals surface area contributed by atoms with Gasteiger partial charge in [-0.1, -0.05) is 12.1 Å². The Morgan fingerprint density at radius 2 is 1.86 bits per heavy atom. The minimum absolute atomic E-state index is 0.0651. The van der Waals surface area contributed by atoms with Crippen LogP contribution in [0.4, 0.5) is 17.6 Å². The number of aliphatic carboxylic acids is 1. The highest BCUT2D eigenvalue weighted by molar-refractivity contribution is 5.67. The lowest BCUT2D eigenvalue weighted by atomic mass is 10.1. The molecule has 6 nitrogen and oxygen atoms in total. The SMILES string of the molecule is O=C(O)CCc1ccc(-c2ncn(-c3ccc(OC(F)(F)F)cc3)n2)cc1F. The van der Waals surface area contributed by atoms with Crippen LogP contribution in [-0.2, 0) is 11.2 Å². The van der Waals surface area contributed by atoms with Crippen molar-refractivity contribution in [2.45, 2.75) is 19.2 Å². The third-order valence-corrected chi connectivity index (χ3v) is 3.75. The Morgan fingerprint density at radius 1 is 1.14 bits per heavy atom. The molecule has 1 N–H and O–H groups in total. The van der Waals surface area contributed by atoms with Crippen molar-refractivity contribution in [3.05, 3.63) is 60.2 Å². The molecule has 0 saturated heterocycles. The van der Waals surface area contributed by atoms with E-state index in [2.05, 4.69) is 14.8 Å². The molecule has 3 rings (SSSR count). The molecule has 0 aliphatic rings. The minimum Gasteiger partial charge on any atom is -0.481 e. The van der Waals surface area contributed by atoms with Crippen LogP contribution in [0.3, 0.4) is 0 Å². The average molecular weight is 395 g/mol. The Hall–Kier alpha value is -3.43. The van der Waals surface area contributed by atoms with Gasteiger partial charge in [-0.15, -0.1) is 18.3 Å². The third-order valence-electron chi connectivity index (χ3n) is 3.75. The molecular weight excluding hydrogens is 382 g/mol. The molecule has 10 heteroatoms. The summed E-state index contributed by atoms with van der Waals surface area (Å²) in [5.41, 5.74) is 1.09. The van der Waals surface area contributed by atoms with Crippen molar-refractivity contribution in [2.75, 3.05) is 0 Å². The molecular formula is C18H13F4N3O3. The first-order valence-electron chi connectivity index (χ1n) is 8.00.